The predicted molar refractivity (Wildman–Crippen MR) is 176 cm³/mol. The number of carbonyl (C=O) groups excluding carboxylic acids is 3. The number of anilines is 1. The van der Waals surface area contributed by atoms with Crippen LogP contribution in [0.15, 0.2) is 63.4 Å². The Morgan fingerprint density at radius 1 is 0.977 bits per heavy atom. The molecular weight excluding hydrogens is 620 g/mol. The molecule has 0 radical (unpaired) electrons. The maximum Gasteiger partial charge on any atom is 0.262 e. The lowest BCUT2D eigenvalue weighted by Gasteiger charge is -2.49. The second-order valence-electron chi connectivity index (χ2n) is 13.9. The van der Waals surface area contributed by atoms with E-state index in [0.29, 0.717) is 34.5 Å². The lowest BCUT2D eigenvalue weighted by molar-refractivity contribution is -0.120. The first kappa shape index (κ1) is 32.0. The predicted octanol–water partition coefficient (Wildman–Crippen LogP) is 7.88. The van der Waals surface area contributed by atoms with E-state index < -0.39 is 5.92 Å². The highest BCUT2D eigenvalue weighted by Crippen LogP contribution is 2.55. The average Bonchev–Trinajstić information content (AvgIpc) is 2.91. The van der Waals surface area contributed by atoms with E-state index in [1.165, 1.54) is 0 Å². The second-order valence-corrected chi connectivity index (χ2v) is 14.8. The van der Waals surface area contributed by atoms with Crippen molar-refractivity contribution in [1.82, 2.24) is 4.90 Å². The summed E-state index contributed by atoms with van der Waals surface area (Å²) in [5, 5.41) is 2.86. The molecule has 0 bridgehead atoms. The molecule has 0 saturated heterocycles. The first-order chi connectivity index (χ1) is 20.7. The Morgan fingerprint density at radius 2 is 1.59 bits per heavy atom. The summed E-state index contributed by atoms with van der Waals surface area (Å²) in [5.41, 5.74) is 5.73. The number of hydrogen-bond donors (Lipinski definition) is 1. The van der Waals surface area contributed by atoms with Gasteiger partial charge in [0.2, 0.25) is 0 Å². The zero-order valence-corrected chi connectivity index (χ0v) is 28.4. The Labute approximate surface area is 269 Å². The van der Waals surface area contributed by atoms with Gasteiger partial charge in [-0.15, -0.1) is 0 Å². The minimum Gasteiger partial charge on any atom is -0.493 e. The number of nitrogens with zero attached hydrogens (tertiary/aromatic N) is 1. The van der Waals surface area contributed by atoms with Gasteiger partial charge in [-0.05, 0) is 88.3 Å². The van der Waals surface area contributed by atoms with Crippen LogP contribution in [0.1, 0.15) is 83.8 Å². The summed E-state index contributed by atoms with van der Waals surface area (Å²) in [6.45, 7) is 13.2. The van der Waals surface area contributed by atoms with Crippen molar-refractivity contribution in [3.05, 3.63) is 74.5 Å². The molecule has 0 fully saturated rings. The fourth-order valence-corrected chi connectivity index (χ4v) is 7.55. The van der Waals surface area contributed by atoms with Gasteiger partial charge in [0.25, 0.3) is 5.91 Å². The van der Waals surface area contributed by atoms with E-state index in [-0.39, 0.29) is 34.9 Å². The van der Waals surface area contributed by atoms with Crippen LogP contribution in [-0.2, 0) is 14.4 Å². The van der Waals surface area contributed by atoms with Gasteiger partial charge in [-0.2, -0.15) is 0 Å². The first-order valence-corrected chi connectivity index (χ1v) is 16.2. The Balaban J connectivity index is 1.56. The summed E-state index contributed by atoms with van der Waals surface area (Å²) in [6, 6.07) is 11.3. The molecule has 2 aromatic rings. The number of methoxy groups -OCH3 is 1. The van der Waals surface area contributed by atoms with Crippen molar-refractivity contribution in [2.75, 3.05) is 25.6 Å². The molecular formula is C36H43BrN2O5. The third kappa shape index (κ3) is 6.37. The molecule has 2 aliphatic carbocycles. The SMILES string of the molecule is CCCN1C2=C(C(=O)CC(C)(C)C2)C(c2cc(Br)c(OCC(=O)Nc3cccc(C)c3)c(OC)c2)C2=C1CC(C)(C)CC2=O. The maximum absolute atomic E-state index is 14.0. The van der Waals surface area contributed by atoms with Crippen LogP contribution in [0.4, 0.5) is 5.69 Å². The lowest BCUT2D eigenvalue weighted by Crippen LogP contribution is -2.44. The molecule has 8 heteroatoms. The molecule has 234 valence electrons. The van der Waals surface area contributed by atoms with E-state index in [1.54, 1.807) is 7.11 Å². The minimum atomic E-state index is -0.496. The Bertz CT molecular complexity index is 1530. The van der Waals surface area contributed by atoms with Gasteiger partial charge < -0.3 is 19.7 Å². The lowest BCUT2D eigenvalue weighted by atomic mass is 9.63. The number of aryl methyl sites for hydroxylation is 1. The number of carbonyl (C=O) groups is 3. The number of ketones is 2. The van der Waals surface area contributed by atoms with Crippen molar-refractivity contribution in [2.45, 2.75) is 79.6 Å². The summed E-state index contributed by atoms with van der Waals surface area (Å²) in [5.74, 6) is 0.195. The van der Waals surface area contributed by atoms with E-state index in [9.17, 15) is 14.4 Å². The van der Waals surface area contributed by atoms with Crippen molar-refractivity contribution in [1.29, 1.82) is 0 Å². The molecule has 0 unspecified atom stereocenters. The molecule has 5 rings (SSSR count). The number of ether oxygens (including phenoxy) is 2. The highest BCUT2D eigenvalue weighted by atomic mass is 79.9. The first-order valence-electron chi connectivity index (χ1n) is 15.4. The number of hydrogen-bond acceptors (Lipinski definition) is 6. The molecule has 0 atom stereocenters. The summed E-state index contributed by atoms with van der Waals surface area (Å²) < 4.78 is 12.3. The fraction of sp³-hybridized carbons (Fsp3) is 0.472. The van der Waals surface area contributed by atoms with Crippen molar-refractivity contribution >= 4 is 39.1 Å². The molecule has 1 N–H and O–H groups in total. The topological polar surface area (TPSA) is 84.9 Å². The number of nitrogens with one attached hydrogen (secondary N) is 1. The monoisotopic (exact) mass is 662 g/mol. The number of halogens is 1. The van der Waals surface area contributed by atoms with E-state index in [1.807, 2.05) is 43.3 Å². The quantitative estimate of drug-likeness (QED) is 0.310. The van der Waals surface area contributed by atoms with Gasteiger partial charge in [-0.25, -0.2) is 0 Å². The number of amides is 1. The molecule has 44 heavy (non-hydrogen) atoms. The van der Waals surface area contributed by atoms with Gasteiger partial charge >= 0.3 is 0 Å². The summed E-state index contributed by atoms with van der Waals surface area (Å²) >= 11 is 3.66. The molecule has 1 amide bonds. The zero-order chi connectivity index (χ0) is 32.0. The van der Waals surface area contributed by atoms with Crippen LogP contribution in [0.3, 0.4) is 0 Å². The number of allylic oxidation sites excluding steroid dienone is 4. The molecule has 7 nitrogen and oxygen atoms in total. The molecule has 2 aromatic carbocycles. The van der Waals surface area contributed by atoms with Crippen LogP contribution in [0.2, 0.25) is 0 Å². The van der Waals surface area contributed by atoms with Crippen molar-refractivity contribution < 1.29 is 23.9 Å². The largest absolute Gasteiger partial charge is 0.493 e. The zero-order valence-electron chi connectivity index (χ0n) is 26.9. The Morgan fingerprint density at radius 3 is 2.14 bits per heavy atom. The standard InChI is InChI=1S/C36H43BrN2O5/c1-8-12-39-25-16-35(3,4)18-27(40)32(25)31(33-26(39)17-36(5,6)19-28(33)41)22-14-24(37)34(29(15-22)43-7)44-20-30(42)38-23-11-9-10-21(2)13-23/h9-11,13-15,31H,8,12,16-20H2,1-7H3,(H,38,42). The van der Waals surface area contributed by atoms with Crippen molar-refractivity contribution in [3.63, 3.8) is 0 Å². The van der Waals surface area contributed by atoms with Crippen LogP contribution in [0.5, 0.6) is 11.5 Å². The normalized spacial score (nSPS) is 19.5. The van der Waals surface area contributed by atoms with Gasteiger partial charge in [0.15, 0.2) is 29.7 Å². The van der Waals surface area contributed by atoms with Crippen LogP contribution in [0.25, 0.3) is 0 Å². The minimum absolute atomic E-state index is 0.0924. The fourth-order valence-electron chi connectivity index (χ4n) is 6.98. The highest BCUT2D eigenvalue weighted by molar-refractivity contribution is 9.10. The van der Waals surface area contributed by atoms with Crippen LogP contribution in [-0.4, -0.2) is 42.6 Å². The van der Waals surface area contributed by atoms with Gasteiger partial charge in [-0.1, -0.05) is 46.8 Å². The molecule has 1 aliphatic heterocycles. The number of rotatable bonds is 8. The van der Waals surface area contributed by atoms with E-state index >= 15 is 0 Å². The molecule has 3 aliphatic rings. The Kier molecular flexibility index (Phi) is 8.87. The van der Waals surface area contributed by atoms with Crippen molar-refractivity contribution in [2.24, 2.45) is 10.8 Å². The van der Waals surface area contributed by atoms with E-state index in [0.717, 1.165) is 59.5 Å². The smallest absolute Gasteiger partial charge is 0.262 e. The van der Waals surface area contributed by atoms with Gasteiger partial charge in [0.05, 0.1) is 11.6 Å². The summed E-state index contributed by atoms with van der Waals surface area (Å²) in [6.07, 6.45) is 3.31. The van der Waals surface area contributed by atoms with Gasteiger partial charge in [-0.3, -0.25) is 14.4 Å². The summed E-state index contributed by atoms with van der Waals surface area (Å²) in [4.78, 5) is 43.0. The van der Waals surface area contributed by atoms with Gasteiger partial charge in [0.1, 0.15) is 0 Å². The van der Waals surface area contributed by atoms with Gasteiger partial charge in [0, 0.05) is 53.5 Å². The molecule has 0 aromatic heterocycles. The molecule has 1 heterocycles. The van der Waals surface area contributed by atoms with Crippen LogP contribution >= 0.6 is 15.9 Å². The maximum atomic E-state index is 14.0. The number of benzene rings is 2. The summed E-state index contributed by atoms with van der Waals surface area (Å²) in [7, 11) is 1.55. The highest BCUT2D eigenvalue weighted by Gasteiger charge is 2.49. The van der Waals surface area contributed by atoms with Crippen molar-refractivity contribution in [3.8, 4) is 11.5 Å². The van der Waals surface area contributed by atoms with E-state index in [2.05, 4.69) is 60.8 Å². The molecule has 0 saturated carbocycles. The second kappa shape index (κ2) is 12.2. The molecule has 0 spiro atoms. The number of Topliss-reactive ketones (excluding diaryl/α,β-unsaturated/α-hetero) is 2. The Hall–Kier alpha value is -3.39. The third-order valence-corrected chi connectivity index (χ3v) is 9.29. The van der Waals surface area contributed by atoms with Crippen LogP contribution < -0.4 is 14.8 Å². The van der Waals surface area contributed by atoms with E-state index in [4.69, 9.17) is 9.47 Å². The third-order valence-electron chi connectivity index (χ3n) is 8.70. The average molecular weight is 664 g/mol. The van der Waals surface area contributed by atoms with Crippen LogP contribution in [0, 0.1) is 17.8 Å².